The molecular weight excluding hydrogens is 458 g/mol. The third-order valence-corrected chi connectivity index (χ3v) is 6.22. The summed E-state index contributed by atoms with van der Waals surface area (Å²) in [5.74, 6) is -0.400. The maximum absolute atomic E-state index is 13.0. The molecule has 2 amide bonds. The Morgan fingerprint density at radius 2 is 1.92 bits per heavy atom. The summed E-state index contributed by atoms with van der Waals surface area (Å²) in [5.41, 5.74) is 3.17. The summed E-state index contributed by atoms with van der Waals surface area (Å²) >= 11 is 0. The van der Waals surface area contributed by atoms with E-state index in [1.165, 1.54) is 4.90 Å². The largest absolute Gasteiger partial charge is 0.445 e. The fourth-order valence-corrected chi connectivity index (χ4v) is 4.59. The molecule has 0 spiro atoms. The smallest absolute Gasteiger partial charge is 0.410 e. The number of carbonyl (C=O) groups is 3. The summed E-state index contributed by atoms with van der Waals surface area (Å²) in [6.07, 6.45) is 0.976. The maximum Gasteiger partial charge on any atom is 0.410 e. The van der Waals surface area contributed by atoms with Crippen molar-refractivity contribution in [1.82, 2.24) is 15.2 Å². The molecule has 2 N–H and O–H groups in total. The van der Waals surface area contributed by atoms with Gasteiger partial charge in [-0.25, -0.2) is 9.59 Å². The van der Waals surface area contributed by atoms with Crippen LogP contribution in [0.2, 0.25) is 0 Å². The Kier molecular flexibility index (Phi) is 7.33. The van der Waals surface area contributed by atoms with Crippen molar-refractivity contribution in [2.75, 3.05) is 13.1 Å². The number of likely N-dealkylation sites (tertiary alicyclic amines) is 1. The van der Waals surface area contributed by atoms with Crippen LogP contribution >= 0.6 is 0 Å². The Hall–Kier alpha value is -3.81. The zero-order valence-corrected chi connectivity index (χ0v) is 21.2. The number of hydrogen-bond acceptors (Lipinski definition) is 5. The predicted octanol–water partition coefficient (Wildman–Crippen LogP) is 5.06. The second-order valence-corrected chi connectivity index (χ2v) is 10.3. The van der Waals surface area contributed by atoms with E-state index >= 15 is 0 Å². The summed E-state index contributed by atoms with van der Waals surface area (Å²) in [7, 11) is 0. The van der Waals surface area contributed by atoms with Gasteiger partial charge in [-0.15, -0.1) is 0 Å². The molecule has 0 saturated carbocycles. The Morgan fingerprint density at radius 1 is 1.17 bits per heavy atom. The Balaban J connectivity index is 1.58. The van der Waals surface area contributed by atoms with Crippen LogP contribution in [0.1, 0.15) is 49.8 Å². The standard InChI is InChI=1S/C28H33N3O5/c1-18-10-11-21-22(14-29-24(21)12-18)23(15-30-26(33)35-17-19-8-6-5-7-9-19)25-13-20(32)16-31(25)27(34)36-28(2,3)4/h5-12,14,23,25,29H,13,15-17H2,1-4H3,(H,30,33). The lowest BCUT2D eigenvalue weighted by atomic mass is 9.89. The van der Waals surface area contributed by atoms with Crippen molar-refractivity contribution in [3.63, 3.8) is 0 Å². The number of nitrogens with zero attached hydrogens (tertiary/aromatic N) is 1. The van der Waals surface area contributed by atoms with Gasteiger partial charge < -0.3 is 19.8 Å². The van der Waals surface area contributed by atoms with E-state index in [1.54, 1.807) is 20.8 Å². The number of rotatable bonds is 6. The molecule has 1 fully saturated rings. The van der Waals surface area contributed by atoms with E-state index in [9.17, 15) is 14.4 Å². The number of amides is 2. The van der Waals surface area contributed by atoms with Crippen LogP contribution in [0.25, 0.3) is 10.9 Å². The first-order valence-corrected chi connectivity index (χ1v) is 12.1. The number of H-pyrrole nitrogens is 1. The molecule has 0 radical (unpaired) electrons. The van der Waals surface area contributed by atoms with E-state index in [0.717, 1.165) is 27.6 Å². The summed E-state index contributed by atoms with van der Waals surface area (Å²) in [5, 5.41) is 3.83. The molecule has 8 nitrogen and oxygen atoms in total. The van der Waals surface area contributed by atoms with Crippen LogP contribution in [-0.2, 0) is 20.9 Å². The first-order chi connectivity index (χ1) is 17.1. The molecule has 0 aliphatic carbocycles. The second kappa shape index (κ2) is 10.4. The van der Waals surface area contributed by atoms with Gasteiger partial charge in [0.1, 0.15) is 12.2 Å². The fourth-order valence-electron chi connectivity index (χ4n) is 4.59. The number of carbonyl (C=O) groups excluding carboxylic acids is 3. The van der Waals surface area contributed by atoms with Crippen molar-refractivity contribution in [3.8, 4) is 0 Å². The quantitative estimate of drug-likeness (QED) is 0.502. The molecule has 8 heteroatoms. The lowest BCUT2D eigenvalue weighted by Crippen LogP contribution is -2.45. The van der Waals surface area contributed by atoms with Crippen molar-refractivity contribution >= 4 is 28.9 Å². The van der Waals surface area contributed by atoms with Gasteiger partial charge in [0.2, 0.25) is 0 Å². The van der Waals surface area contributed by atoms with E-state index in [-0.39, 0.29) is 37.8 Å². The maximum atomic E-state index is 13.0. The van der Waals surface area contributed by atoms with E-state index in [1.807, 2.05) is 61.7 Å². The average Bonchev–Trinajstić information content (AvgIpc) is 3.41. The lowest BCUT2D eigenvalue weighted by Gasteiger charge is -2.32. The van der Waals surface area contributed by atoms with Crippen LogP contribution in [0.3, 0.4) is 0 Å². The number of ether oxygens (including phenoxy) is 2. The zero-order chi connectivity index (χ0) is 25.9. The highest BCUT2D eigenvalue weighted by molar-refractivity contribution is 5.89. The average molecular weight is 492 g/mol. The third-order valence-electron chi connectivity index (χ3n) is 6.22. The molecule has 1 aromatic heterocycles. The van der Waals surface area contributed by atoms with E-state index in [2.05, 4.69) is 10.3 Å². The molecule has 36 heavy (non-hydrogen) atoms. The number of aromatic nitrogens is 1. The van der Waals surface area contributed by atoms with Crippen LogP contribution in [0, 0.1) is 6.92 Å². The molecule has 2 unspecified atom stereocenters. The Bertz CT molecular complexity index is 1250. The molecule has 2 atom stereocenters. The fraction of sp³-hybridized carbons (Fsp3) is 0.393. The lowest BCUT2D eigenvalue weighted by molar-refractivity contribution is -0.117. The predicted molar refractivity (Wildman–Crippen MR) is 137 cm³/mol. The number of hydrogen-bond donors (Lipinski definition) is 2. The van der Waals surface area contributed by atoms with Gasteiger partial charge in [-0.3, -0.25) is 9.69 Å². The number of ketones is 1. The molecule has 3 aromatic rings. The Morgan fingerprint density at radius 3 is 2.64 bits per heavy atom. The van der Waals surface area contributed by atoms with E-state index < -0.39 is 23.8 Å². The number of aryl methyl sites for hydroxylation is 1. The van der Waals surface area contributed by atoms with E-state index in [0.29, 0.717) is 0 Å². The van der Waals surface area contributed by atoms with Crippen LogP contribution in [0.4, 0.5) is 9.59 Å². The highest BCUT2D eigenvalue weighted by atomic mass is 16.6. The minimum Gasteiger partial charge on any atom is -0.445 e. The van der Waals surface area contributed by atoms with Gasteiger partial charge in [-0.05, 0) is 50.5 Å². The number of nitrogens with one attached hydrogen (secondary N) is 2. The first kappa shape index (κ1) is 25.3. The molecular formula is C28H33N3O5. The highest BCUT2D eigenvalue weighted by Gasteiger charge is 2.42. The van der Waals surface area contributed by atoms with Gasteiger partial charge in [0.05, 0.1) is 12.6 Å². The van der Waals surface area contributed by atoms with Gasteiger partial charge in [0.25, 0.3) is 0 Å². The third kappa shape index (κ3) is 6.05. The monoisotopic (exact) mass is 491 g/mol. The SMILES string of the molecule is Cc1ccc2c(C(CNC(=O)OCc3ccccc3)C3CC(=O)CN3C(=O)OC(C)(C)C)c[nH]c2c1. The summed E-state index contributed by atoms with van der Waals surface area (Å²) in [6.45, 7) is 7.71. The highest BCUT2D eigenvalue weighted by Crippen LogP contribution is 2.35. The summed E-state index contributed by atoms with van der Waals surface area (Å²) < 4.78 is 11.0. The molecule has 2 heterocycles. The van der Waals surface area contributed by atoms with Crippen LogP contribution < -0.4 is 5.32 Å². The number of aromatic amines is 1. The summed E-state index contributed by atoms with van der Waals surface area (Å²) in [6, 6.07) is 15.0. The van der Waals surface area contributed by atoms with Crippen LogP contribution in [-0.4, -0.2) is 52.6 Å². The molecule has 190 valence electrons. The van der Waals surface area contributed by atoms with Crippen LogP contribution in [0.5, 0.6) is 0 Å². The number of alkyl carbamates (subject to hydrolysis) is 1. The molecule has 2 aromatic carbocycles. The van der Waals surface area contributed by atoms with Crippen LogP contribution in [0.15, 0.2) is 54.7 Å². The molecule has 1 aliphatic heterocycles. The van der Waals surface area contributed by atoms with Gasteiger partial charge in [0.15, 0.2) is 5.78 Å². The van der Waals surface area contributed by atoms with Crippen molar-refractivity contribution in [3.05, 3.63) is 71.4 Å². The Labute approximate surface area is 211 Å². The summed E-state index contributed by atoms with van der Waals surface area (Å²) in [4.78, 5) is 42.9. The number of Topliss-reactive ketones (excluding diaryl/α,β-unsaturated/α-hetero) is 1. The van der Waals surface area contributed by atoms with Gasteiger partial charge in [-0.1, -0.05) is 42.5 Å². The van der Waals surface area contributed by atoms with E-state index in [4.69, 9.17) is 9.47 Å². The number of fused-ring (bicyclic) bond motifs is 1. The second-order valence-electron chi connectivity index (χ2n) is 10.3. The van der Waals surface area contributed by atoms with Gasteiger partial charge in [0, 0.05) is 36.0 Å². The van der Waals surface area contributed by atoms with Crippen molar-refractivity contribution in [2.45, 2.75) is 58.3 Å². The topological polar surface area (TPSA) is 101 Å². The number of benzene rings is 2. The van der Waals surface area contributed by atoms with Crippen molar-refractivity contribution in [2.24, 2.45) is 0 Å². The van der Waals surface area contributed by atoms with Crippen molar-refractivity contribution < 1.29 is 23.9 Å². The normalized spacial score (nSPS) is 16.7. The molecule has 0 bridgehead atoms. The minimum absolute atomic E-state index is 0.0179. The van der Waals surface area contributed by atoms with Gasteiger partial charge >= 0.3 is 12.2 Å². The first-order valence-electron chi connectivity index (χ1n) is 12.1. The zero-order valence-electron chi connectivity index (χ0n) is 21.2. The van der Waals surface area contributed by atoms with Gasteiger partial charge in [-0.2, -0.15) is 0 Å². The minimum atomic E-state index is -0.694. The molecule has 1 aliphatic rings. The van der Waals surface area contributed by atoms with Crippen molar-refractivity contribution in [1.29, 1.82) is 0 Å². The molecule has 4 rings (SSSR count). The molecule has 1 saturated heterocycles.